The number of aliphatic imine (C=N–C) groups is 1. The van der Waals surface area contributed by atoms with Gasteiger partial charge in [0, 0.05) is 33.0 Å². The first-order chi connectivity index (χ1) is 14.1. The van der Waals surface area contributed by atoms with Gasteiger partial charge in [-0.05, 0) is 41.5 Å². The highest BCUT2D eigenvalue weighted by molar-refractivity contribution is 9.11. The topological polar surface area (TPSA) is 12.4 Å². The molecule has 0 amide bonds. The van der Waals surface area contributed by atoms with Crippen LogP contribution in [0.15, 0.2) is 50.3 Å². The first-order valence-electron chi connectivity index (χ1n) is 10.5. The lowest BCUT2D eigenvalue weighted by atomic mass is 9.81. The predicted molar refractivity (Wildman–Crippen MR) is 130 cm³/mol. The van der Waals surface area contributed by atoms with E-state index in [1.54, 1.807) is 12.1 Å². The molecule has 1 fully saturated rings. The number of halogens is 4. The maximum absolute atomic E-state index is 15.3. The minimum atomic E-state index is -2.93. The van der Waals surface area contributed by atoms with Gasteiger partial charge in [0.05, 0.1) is 0 Å². The molecular weight excluding hydrogens is 512 g/mol. The van der Waals surface area contributed by atoms with Gasteiger partial charge in [0.25, 0.3) is 5.92 Å². The standard InChI is InChI=1S/C25H29Br2F2N/c1-24(2,3)18-12-10-16(11-13-18)22-20(26)14-17(15-21(22)27)23(30-4)25(28,29)19-8-6-5-7-9-19/h10-15,19H,5-9H2,1-4H3/b30-23-. The monoisotopic (exact) mass is 539 g/mol. The molecule has 1 nitrogen and oxygen atoms in total. The molecule has 0 N–H and O–H groups in total. The Labute approximate surface area is 195 Å². The van der Waals surface area contributed by atoms with Gasteiger partial charge in [0.1, 0.15) is 5.71 Å². The highest BCUT2D eigenvalue weighted by Crippen LogP contribution is 2.42. The smallest absolute Gasteiger partial charge is 0.286 e. The Hall–Kier alpha value is -1.07. The Morgan fingerprint density at radius 2 is 1.47 bits per heavy atom. The lowest BCUT2D eigenvalue weighted by molar-refractivity contribution is -0.00395. The van der Waals surface area contributed by atoms with Crippen molar-refractivity contribution in [3.63, 3.8) is 0 Å². The quantitative estimate of drug-likeness (QED) is 0.343. The van der Waals surface area contributed by atoms with Crippen LogP contribution in [0, 0.1) is 5.92 Å². The molecule has 162 valence electrons. The molecule has 0 aliphatic heterocycles. The molecule has 30 heavy (non-hydrogen) atoms. The third-order valence-electron chi connectivity index (χ3n) is 6.01. The number of benzene rings is 2. The van der Waals surface area contributed by atoms with Crippen molar-refractivity contribution in [2.45, 2.75) is 64.2 Å². The van der Waals surface area contributed by atoms with Gasteiger partial charge >= 0.3 is 0 Å². The molecule has 2 aromatic rings. The Bertz CT molecular complexity index is 898. The van der Waals surface area contributed by atoms with Crippen LogP contribution in [-0.4, -0.2) is 18.7 Å². The second-order valence-electron chi connectivity index (χ2n) is 9.17. The molecule has 0 aromatic heterocycles. The zero-order valence-electron chi connectivity index (χ0n) is 18.0. The Balaban J connectivity index is 1.97. The molecule has 0 heterocycles. The molecule has 1 saturated carbocycles. The van der Waals surface area contributed by atoms with Gasteiger partial charge in [-0.25, -0.2) is 0 Å². The van der Waals surface area contributed by atoms with Crippen LogP contribution in [0.2, 0.25) is 0 Å². The van der Waals surface area contributed by atoms with E-state index >= 15 is 8.78 Å². The van der Waals surface area contributed by atoms with Gasteiger partial charge in [0.15, 0.2) is 0 Å². The Morgan fingerprint density at radius 3 is 1.93 bits per heavy atom. The number of rotatable bonds is 4. The van der Waals surface area contributed by atoms with Crippen LogP contribution >= 0.6 is 31.9 Å². The van der Waals surface area contributed by atoms with Gasteiger partial charge in [0.2, 0.25) is 0 Å². The molecule has 1 aliphatic rings. The summed E-state index contributed by atoms with van der Waals surface area (Å²) in [6.45, 7) is 6.54. The van der Waals surface area contributed by atoms with Gasteiger partial charge in [-0.3, -0.25) is 4.99 Å². The third kappa shape index (κ3) is 4.88. The van der Waals surface area contributed by atoms with E-state index in [0.29, 0.717) is 18.4 Å². The van der Waals surface area contributed by atoms with Gasteiger partial charge < -0.3 is 0 Å². The average Bonchev–Trinajstić information content (AvgIpc) is 2.68. The summed E-state index contributed by atoms with van der Waals surface area (Å²) < 4.78 is 32.2. The lowest BCUT2D eigenvalue weighted by Crippen LogP contribution is -2.39. The molecule has 0 radical (unpaired) electrons. The van der Waals surface area contributed by atoms with Crippen LogP contribution < -0.4 is 0 Å². The van der Waals surface area contributed by atoms with Crippen LogP contribution in [-0.2, 0) is 5.41 Å². The van der Waals surface area contributed by atoms with Crippen molar-refractivity contribution in [1.82, 2.24) is 0 Å². The number of hydrogen-bond acceptors (Lipinski definition) is 1. The molecule has 0 spiro atoms. The molecule has 0 saturated heterocycles. The van der Waals surface area contributed by atoms with Gasteiger partial charge in [-0.1, -0.05) is 96.2 Å². The second-order valence-corrected chi connectivity index (χ2v) is 10.9. The van der Waals surface area contributed by atoms with Crippen LogP contribution in [0.25, 0.3) is 11.1 Å². The average molecular weight is 541 g/mol. The zero-order valence-corrected chi connectivity index (χ0v) is 21.2. The van der Waals surface area contributed by atoms with Crippen LogP contribution in [0.4, 0.5) is 8.78 Å². The molecule has 0 atom stereocenters. The number of alkyl halides is 2. The maximum Gasteiger partial charge on any atom is 0.292 e. The summed E-state index contributed by atoms with van der Waals surface area (Å²) in [6.07, 6.45) is 3.91. The van der Waals surface area contributed by atoms with Crippen LogP contribution in [0.1, 0.15) is 64.0 Å². The van der Waals surface area contributed by atoms with Gasteiger partial charge in [-0.15, -0.1) is 0 Å². The summed E-state index contributed by atoms with van der Waals surface area (Å²) in [5.41, 5.74) is 3.65. The molecule has 3 rings (SSSR count). The van der Waals surface area contributed by atoms with Crippen molar-refractivity contribution in [2.75, 3.05) is 7.05 Å². The zero-order chi connectivity index (χ0) is 22.1. The fraction of sp³-hybridized carbons (Fsp3) is 0.480. The highest BCUT2D eigenvalue weighted by Gasteiger charge is 2.45. The molecular formula is C25H29Br2F2N. The lowest BCUT2D eigenvalue weighted by Gasteiger charge is -2.31. The van der Waals surface area contributed by atoms with Gasteiger partial charge in [-0.2, -0.15) is 8.78 Å². The first kappa shape index (κ1) is 23.6. The third-order valence-corrected chi connectivity index (χ3v) is 7.26. The normalized spacial score (nSPS) is 16.7. The summed E-state index contributed by atoms with van der Waals surface area (Å²) in [5, 5.41) is 0. The summed E-state index contributed by atoms with van der Waals surface area (Å²) in [5.74, 6) is -3.56. The second kappa shape index (κ2) is 9.20. The van der Waals surface area contributed by atoms with E-state index in [2.05, 4.69) is 81.9 Å². The SMILES string of the molecule is C/N=C(/c1cc(Br)c(-c2ccc(C(C)(C)C)cc2)c(Br)c1)C(F)(F)C1CCCCC1. The van der Waals surface area contributed by atoms with E-state index in [4.69, 9.17) is 0 Å². The summed E-state index contributed by atoms with van der Waals surface area (Å²) in [4.78, 5) is 4.05. The van der Waals surface area contributed by atoms with Crippen LogP contribution in [0.3, 0.4) is 0 Å². The predicted octanol–water partition coefficient (Wildman–Crippen LogP) is 8.81. The molecule has 1 aliphatic carbocycles. The minimum Gasteiger partial charge on any atom is -0.286 e. The van der Waals surface area contributed by atoms with E-state index in [1.807, 2.05) is 0 Å². The summed E-state index contributed by atoms with van der Waals surface area (Å²) >= 11 is 7.25. The number of nitrogens with zero attached hydrogens (tertiary/aromatic N) is 1. The van der Waals surface area contributed by atoms with Crippen molar-refractivity contribution < 1.29 is 8.78 Å². The van der Waals surface area contributed by atoms with Crippen molar-refractivity contribution in [3.8, 4) is 11.1 Å². The van der Waals surface area contributed by atoms with E-state index < -0.39 is 11.8 Å². The Kier molecular flexibility index (Phi) is 7.23. The Morgan fingerprint density at radius 1 is 0.933 bits per heavy atom. The maximum atomic E-state index is 15.3. The molecule has 5 heteroatoms. The number of hydrogen-bond donors (Lipinski definition) is 0. The minimum absolute atomic E-state index is 0.0774. The van der Waals surface area contributed by atoms with E-state index in [-0.39, 0.29) is 11.1 Å². The first-order valence-corrected chi connectivity index (χ1v) is 12.1. The van der Waals surface area contributed by atoms with E-state index in [9.17, 15) is 0 Å². The largest absolute Gasteiger partial charge is 0.292 e. The van der Waals surface area contributed by atoms with Crippen molar-refractivity contribution in [2.24, 2.45) is 10.9 Å². The molecule has 2 aromatic carbocycles. The summed E-state index contributed by atoms with van der Waals surface area (Å²) in [6, 6.07) is 12.0. The highest BCUT2D eigenvalue weighted by atomic mass is 79.9. The van der Waals surface area contributed by atoms with Crippen molar-refractivity contribution >= 4 is 37.6 Å². The van der Waals surface area contributed by atoms with Crippen molar-refractivity contribution in [3.05, 3.63) is 56.5 Å². The fourth-order valence-electron chi connectivity index (χ4n) is 4.25. The van der Waals surface area contributed by atoms with E-state index in [1.165, 1.54) is 12.6 Å². The fourth-order valence-corrected chi connectivity index (χ4v) is 5.90. The molecule has 0 bridgehead atoms. The van der Waals surface area contributed by atoms with Crippen molar-refractivity contribution in [1.29, 1.82) is 0 Å². The molecule has 0 unspecified atom stereocenters. The van der Waals surface area contributed by atoms with Crippen LogP contribution in [0.5, 0.6) is 0 Å². The van der Waals surface area contributed by atoms with E-state index in [0.717, 1.165) is 39.3 Å². The summed E-state index contributed by atoms with van der Waals surface area (Å²) in [7, 11) is 1.47.